The van der Waals surface area contributed by atoms with Crippen LogP contribution in [0.4, 0.5) is 11.8 Å². The third kappa shape index (κ3) is 3.96. The molecule has 0 radical (unpaired) electrons. The zero-order valence-electron chi connectivity index (χ0n) is 16.7. The van der Waals surface area contributed by atoms with Gasteiger partial charge in [0.2, 0.25) is 5.95 Å². The number of aromatic nitrogens is 3. The highest BCUT2D eigenvalue weighted by atomic mass is 15.4. The Balaban J connectivity index is 1.27. The summed E-state index contributed by atoms with van der Waals surface area (Å²) in [6, 6.07) is 10.9. The van der Waals surface area contributed by atoms with Gasteiger partial charge in [0.25, 0.3) is 0 Å². The second-order valence-corrected chi connectivity index (χ2v) is 8.11. The van der Waals surface area contributed by atoms with Crippen LogP contribution in [0.1, 0.15) is 50.6 Å². The average Bonchev–Trinajstić information content (AvgIpc) is 3.48. The Morgan fingerprint density at radius 2 is 2.07 bits per heavy atom. The van der Waals surface area contributed by atoms with Gasteiger partial charge in [-0.15, -0.1) is 0 Å². The summed E-state index contributed by atoms with van der Waals surface area (Å²) in [6.07, 6.45) is 10.00. The van der Waals surface area contributed by atoms with E-state index >= 15 is 0 Å². The van der Waals surface area contributed by atoms with E-state index < -0.39 is 0 Å². The van der Waals surface area contributed by atoms with Crippen molar-refractivity contribution in [2.24, 2.45) is 10.9 Å². The molecule has 4 N–H and O–H groups in total. The van der Waals surface area contributed by atoms with Crippen molar-refractivity contribution in [1.29, 1.82) is 0 Å². The van der Waals surface area contributed by atoms with Crippen LogP contribution in [-0.2, 0) is 0 Å². The Bertz CT molecular complexity index is 1020. The first-order valence-electron chi connectivity index (χ1n) is 10.5. The number of amidine groups is 1. The summed E-state index contributed by atoms with van der Waals surface area (Å²) < 4.78 is 0. The first kappa shape index (κ1) is 18.1. The van der Waals surface area contributed by atoms with Crippen molar-refractivity contribution < 1.29 is 0 Å². The minimum Gasteiger partial charge on any atom is -0.361 e. The van der Waals surface area contributed by atoms with Crippen molar-refractivity contribution in [1.82, 2.24) is 25.8 Å². The fourth-order valence-electron chi connectivity index (χ4n) is 4.44. The van der Waals surface area contributed by atoms with E-state index in [-0.39, 0.29) is 6.04 Å². The number of hydrogen-bond acceptors (Lipinski definition) is 5. The summed E-state index contributed by atoms with van der Waals surface area (Å²) >= 11 is 0. The number of anilines is 1. The second-order valence-electron chi connectivity index (χ2n) is 8.11. The monoisotopic (exact) mass is 389 g/mol. The minimum atomic E-state index is 0.0928. The van der Waals surface area contributed by atoms with Gasteiger partial charge in [-0.05, 0) is 54.8 Å². The van der Waals surface area contributed by atoms with Gasteiger partial charge in [0.05, 0.1) is 6.04 Å². The Morgan fingerprint density at radius 3 is 2.97 bits per heavy atom. The molecule has 0 spiro atoms. The van der Waals surface area contributed by atoms with Gasteiger partial charge in [-0.2, -0.15) is 4.98 Å². The molecule has 1 aromatic carbocycles. The lowest BCUT2D eigenvalue weighted by molar-refractivity contribution is 0.384. The van der Waals surface area contributed by atoms with Crippen LogP contribution in [0.2, 0.25) is 0 Å². The number of hydrogen-bond donors (Lipinski definition) is 4. The third-order valence-electron chi connectivity index (χ3n) is 6.10. The van der Waals surface area contributed by atoms with Gasteiger partial charge in [0, 0.05) is 36.4 Å². The smallest absolute Gasteiger partial charge is 0.225 e. The fourth-order valence-corrected chi connectivity index (χ4v) is 4.44. The number of hydrazine groups is 1. The maximum atomic E-state index is 4.70. The van der Waals surface area contributed by atoms with E-state index in [1.807, 2.05) is 12.3 Å². The molecule has 29 heavy (non-hydrogen) atoms. The van der Waals surface area contributed by atoms with Gasteiger partial charge in [0.1, 0.15) is 5.84 Å². The van der Waals surface area contributed by atoms with Crippen LogP contribution in [0.25, 0.3) is 10.9 Å². The molecule has 1 aliphatic heterocycles. The molecular formula is C22H27N7. The third-order valence-corrected chi connectivity index (χ3v) is 6.10. The van der Waals surface area contributed by atoms with Gasteiger partial charge in [0.15, 0.2) is 5.82 Å². The van der Waals surface area contributed by atoms with E-state index in [9.17, 15) is 0 Å². The topological polar surface area (TPSA) is 90.0 Å². The molecule has 1 aliphatic carbocycles. The molecule has 2 fully saturated rings. The normalized spacial score (nSPS) is 22.2. The first-order valence-corrected chi connectivity index (χ1v) is 10.5. The maximum absolute atomic E-state index is 4.70. The van der Waals surface area contributed by atoms with Crippen molar-refractivity contribution in [3.63, 3.8) is 0 Å². The molecule has 0 bridgehead atoms. The minimum absolute atomic E-state index is 0.0928. The largest absolute Gasteiger partial charge is 0.361 e. The predicted molar refractivity (Wildman–Crippen MR) is 116 cm³/mol. The summed E-state index contributed by atoms with van der Waals surface area (Å²) in [6.45, 7) is 2.12. The number of fused-ring (bicyclic) bond motifs is 1. The molecule has 3 aromatic rings. The van der Waals surface area contributed by atoms with Crippen LogP contribution in [0.15, 0.2) is 47.7 Å². The van der Waals surface area contributed by atoms with Crippen LogP contribution in [0.5, 0.6) is 0 Å². The fraction of sp³-hybridized carbons (Fsp3) is 0.409. The Hall–Kier alpha value is -2.93. The van der Waals surface area contributed by atoms with E-state index in [1.165, 1.54) is 36.6 Å². The maximum Gasteiger partial charge on any atom is 0.225 e. The molecule has 2 aromatic heterocycles. The molecule has 0 amide bonds. The summed E-state index contributed by atoms with van der Waals surface area (Å²) in [4.78, 5) is 16.9. The molecule has 150 valence electrons. The second kappa shape index (κ2) is 7.83. The highest BCUT2D eigenvalue weighted by Crippen LogP contribution is 2.30. The van der Waals surface area contributed by atoms with E-state index in [4.69, 9.17) is 4.99 Å². The Morgan fingerprint density at radius 1 is 1.17 bits per heavy atom. The van der Waals surface area contributed by atoms with E-state index in [2.05, 4.69) is 62.3 Å². The number of aromatic amines is 1. The molecule has 2 aliphatic rings. The lowest BCUT2D eigenvalue weighted by Gasteiger charge is -2.15. The van der Waals surface area contributed by atoms with Gasteiger partial charge in [-0.25, -0.2) is 15.4 Å². The van der Waals surface area contributed by atoms with Gasteiger partial charge >= 0.3 is 0 Å². The highest BCUT2D eigenvalue weighted by Gasteiger charge is 2.30. The molecule has 7 heteroatoms. The number of rotatable bonds is 5. The molecule has 1 saturated carbocycles. The number of H-pyrrole nitrogens is 1. The number of nitrogens with zero attached hydrogens (tertiary/aromatic N) is 3. The van der Waals surface area contributed by atoms with Crippen molar-refractivity contribution in [2.45, 2.75) is 51.1 Å². The van der Waals surface area contributed by atoms with E-state index in [0.29, 0.717) is 17.8 Å². The molecule has 2 atom stereocenters. The molecule has 1 saturated heterocycles. The van der Waals surface area contributed by atoms with E-state index in [0.717, 1.165) is 23.7 Å². The zero-order chi connectivity index (χ0) is 19.6. The number of nitrogens with one attached hydrogen (secondary N) is 4. The molecule has 1 unspecified atom stereocenters. The predicted octanol–water partition coefficient (Wildman–Crippen LogP) is 4.22. The Labute approximate surface area is 170 Å². The van der Waals surface area contributed by atoms with Crippen LogP contribution in [0.3, 0.4) is 0 Å². The summed E-state index contributed by atoms with van der Waals surface area (Å²) in [5, 5.41) is 4.60. The first-order chi connectivity index (χ1) is 14.2. The van der Waals surface area contributed by atoms with Crippen molar-refractivity contribution in [3.8, 4) is 0 Å². The Kier molecular flexibility index (Phi) is 4.89. The summed E-state index contributed by atoms with van der Waals surface area (Å²) in [7, 11) is 0. The lowest BCUT2D eigenvalue weighted by Crippen LogP contribution is -2.35. The molecule has 3 heterocycles. The summed E-state index contributed by atoms with van der Waals surface area (Å²) in [5.74, 6) is 2.98. The van der Waals surface area contributed by atoms with Gasteiger partial charge in [-0.1, -0.05) is 18.9 Å². The standard InChI is InChI=1S/C22H27N7/c1-14(16-6-7-18-17(12-16)8-10-23-18)25-22-24-11-9-20(27-22)26-21-13-19(28-29-21)15-4-2-3-5-15/h6-12,14-15,19,23,28H,2-5,13H2,1H3,(H2,24,25,26,27,29)/t14-,19?/m0/s1. The van der Waals surface area contributed by atoms with Crippen molar-refractivity contribution >= 4 is 28.5 Å². The number of benzene rings is 1. The molecule has 7 nitrogen and oxygen atoms in total. The van der Waals surface area contributed by atoms with Crippen molar-refractivity contribution in [2.75, 3.05) is 5.32 Å². The van der Waals surface area contributed by atoms with Crippen LogP contribution in [-0.4, -0.2) is 26.8 Å². The SMILES string of the molecule is C[C@H](Nc1nccc(N=C2CC(C3CCCC3)NN2)n1)c1ccc2[nH]ccc2c1. The molecule has 5 rings (SSSR count). The van der Waals surface area contributed by atoms with Crippen molar-refractivity contribution in [3.05, 3.63) is 48.3 Å². The number of aliphatic imine (C=N–C) groups is 1. The van der Waals surface area contributed by atoms with Gasteiger partial charge < -0.3 is 15.7 Å². The van der Waals surface area contributed by atoms with Gasteiger partial charge in [-0.3, -0.25) is 0 Å². The van der Waals surface area contributed by atoms with Crippen LogP contribution >= 0.6 is 0 Å². The lowest BCUT2D eigenvalue weighted by atomic mass is 9.97. The van der Waals surface area contributed by atoms with Crippen LogP contribution in [0, 0.1) is 5.92 Å². The van der Waals surface area contributed by atoms with E-state index in [1.54, 1.807) is 6.20 Å². The summed E-state index contributed by atoms with van der Waals surface area (Å²) in [5.41, 5.74) is 8.99. The quantitative estimate of drug-likeness (QED) is 0.525. The zero-order valence-corrected chi connectivity index (χ0v) is 16.7. The molecular weight excluding hydrogens is 362 g/mol. The average molecular weight is 390 g/mol. The van der Waals surface area contributed by atoms with Crippen LogP contribution < -0.4 is 16.2 Å². The highest BCUT2D eigenvalue weighted by molar-refractivity contribution is 5.86.